The van der Waals surface area contributed by atoms with Crippen LogP contribution in [0.5, 0.6) is 5.75 Å². The van der Waals surface area contributed by atoms with E-state index in [-0.39, 0.29) is 25.0 Å². The summed E-state index contributed by atoms with van der Waals surface area (Å²) in [6.45, 7) is 0.202. The predicted molar refractivity (Wildman–Crippen MR) is 144 cm³/mol. The minimum atomic E-state index is -0.326. The van der Waals surface area contributed by atoms with Crippen LogP contribution in [0.25, 0.3) is 10.9 Å². The average molecular weight is 528 g/mol. The summed E-state index contributed by atoms with van der Waals surface area (Å²) < 4.78 is 7.19. The molecule has 0 fully saturated rings. The van der Waals surface area contributed by atoms with Crippen molar-refractivity contribution in [2.24, 2.45) is 5.10 Å². The van der Waals surface area contributed by atoms with Crippen molar-refractivity contribution in [3.8, 4) is 5.75 Å². The summed E-state index contributed by atoms with van der Waals surface area (Å²) >= 11 is 5.86. The summed E-state index contributed by atoms with van der Waals surface area (Å²) in [5.74, 6) is 0.0617. The molecule has 3 N–H and O–H groups in total. The number of carbonyl (C=O) groups excluding carboxylic acids is 2. The van der Waals surface area contributed by atoms with Crippen LogP contribution >= 0.6 is 11.6 Å². The number of H-pyrrole nitrogens is 1. The number of aromatic amines is 1. The number of aromatic nitrogens is 4. The van der Waals surface area contributed by atoms with Gasteiger partial charge < -0.3 is 15.0 Å². The number of anilines is 1. The molecule has 0 aliphatic heterocycles. The molecule has 0 aliphatic carbocycles. The maximum absolute atomic E-state index is 12.3. The van der Waals surface area contributed by atoms with Gasteiger partial charge in [0.25, 0.3) is 5.91 Å². The monoisotopic (exact) mass is 527 g/mol. The van der Waals surface area contributed by atoms with Crippen LogP contribution in [0.4, 0.5) is 5.69 Å². The van der Waals surface area contributed by atoms with Crippen molar-refractivity contribution < 1.29 is 14.3 Å². The van der Waals surface area contributed by atoms with Crippen LogP contribution < -0.4 is 15.5 Å². The minimum absolute atomic E-state index is 0.0144. The summed E-state index contributed by atoms with van der Waals surface area (Å²) in [4.78, 5) is 27.6. The smallest absolute Gasteiger partial charge is 0.287 e. The first-order valence-corrected chi connectivity index (χ1v) is 12.0. The standard InChI is InChI=1S/C27H22ClN7O3/c28-20-7-9-21(10-8-20)30-26(36)16-35-15-22(32-34-35)17-38-23-11-5-18(6-12-23)14-29-33-27(37)25-13-19-3-1-2-4-24(19)31-25/h1-15,31H,16-17H2,(H,30,36)(H,33,37)/b29-14+. The van der Waals surface area contributed by atoms with Crippen LogP contribution in [0.1, 0.15) is 21.7 Å². The van der Waals surface area contributed by atoms with E-state index in [4.69, 9.17) is 16.3 Å². The molecule has 0 unspecified atom stereocenters. The Morgan fingerprint density at radius 2 is 1.84 bits per heavy atom. The quantitative estimate of drug-likeness (QED) is 0.193. The Balaban J connectivity index is 1.07. The van der Waals surface area contributed by atoms with E-state index in [1.807, 2.05) is 36.4 Å². The van der Waals surface area contributed by atoms with Crippen molar-refractivity contribution in [3.63, 3.8) is 0 Å². The Kier molecular flexibility index (Phi) is 7.42. The molecule has 3 aromatic carbocycles. The van der Waals surface area contributed by atoms with E-state index in [9.17, 15) is 9.59 Å². The van der Waals surface area contributed by atoms with Crippen LogP contribution in [0.3, 0.4) is 0 Å². The number of fused-ring (bicyclic) bond motifs is 1. The van der Waals surface area contributed by atoms with Crippen molar-refractivity contribution >= 4 is 46.2 Å². The molecule has 0 spiro atoms. The van der Waals surface area contributed by atoms with Gasteiger partial charge in [0.2, 0.25) is 5.91 Å². The van der Waals surface area contributed by atoms with Gasteiger partial charge in [0, 0.05) is 21.6 Å². The summed E-state index contributed by atoms with van der Waals surface area (Å²) in [6, 6.07) is 23.5. The number of para-hydroxylation sites is 1. The molecule has 2 amide bonds. The molecule has 38 heavy (non-hydrogen) atoms. The summed E-state index contributed by atoms with van der Waals surface area (Å²) in [7, 11) is 0. The molecule has 2 aromatic heterocycles. The van der Waals surface area contributed by atoms with Crippen LogP contribution in [0.2, 0.25) is 5.02 Å². The largest absolute Gasteiger partial charge is 0.487 e. The molecular formula is C27H22ClN7O3. The summed E-state index contributed by atoms with van der Waals surface area (Å²) in [5.41, 5.74) is 5.85. The highest BCUT2D eigenvalue weighted by molar-refractivity contribution is 6.30. The number of hydrazone groups is 1. The van der Waals surface area contributed by atoms with E-state index < -0.39 is 0 Å². The van der Waals surface area contributed by atoms with Gasteiger partial charge in [0.05, 0.1) is 12.4 Å². The van der Waals surface area contributed by atoms with E-state index in [2.05, 4.69) is 31.1 Å². The summed E-state index contributed by atoms with van der Waals surface area (Å²) in [5, 5.41) is 16.4. The Morgan fingerprint density at radius 3 is 2.63 bits per heavy atom. The molecule has 0 atom stereocenters. The SMILES string of the molecule is O=C(Cn1cc(COc2ccc(/C=N/NC(=O)c3cc4ccccc4[nH]3)cc2)nn1)Nc1ccc(Cl)cc1. The van der Waals surface area contributed by atoms with Gasteiger partial charge in [0.15, 0.2) is 0 Å². The molecule has 0 radical (unpaired) electrons. The molecule has 10 nitrogen and oxygen atoms in total. The lowest BCUT2D eigenvalue weighted by molar-refractivity contribution is -0.116. The van der Waals surface area contributed by atoms with Crippen molar-refractivity contribution in [2.45, 2.75) is 13.2 Å². The van der Waals surface area contributed by atoms with Crippen molar-refractivity contribution in [2.75, 3.05) is 5.32 Å². The second kappa shape index (κ2) is 11.4. The van der Waals surface area contributed by atoms with Gasteiger partial charge in [-0.3, -0.25) is 9.59 Å². The molecule has 5 rings (SSSR count). The Morgan fingerprint density at radius 1 is 1.05 bits per heavy atom. The number of carbonyl (C=O) groups is 2. The van der Waals surface area contributed by atoms with E-state index in [0.29, 0.717) is 27.8 Å². The van der Waals surface area contributed by atoms with Gasteiger partial charge in [-0.05, 0) is 66.2 Å². The number of benzene rings is 3. The fraction of sp³-hybridized carbons (Fsp3) is 0.0741. The molecule has 0 saturated heterocycles. The topological polar surface area (TPSA) is 126 Å². The minimum Gasteiger partial charge on any atom is -0.487 e. The Hall–Kier alpha value is -4.96. The molecular weight excluding hydrogens is 506 g/mol. The highest BCUT2D eigenvalue weighted by atomic mass is 35.5. The van der Waals surface area contributed by atoms with Gasteiger partial charge in [-0.1, -0.05) is 35.0 Å². The Labute approximate surface area is 222 Å². The highest BCUT2D eigenvalue weighted by Gasteiger charge is 2.09. The average Bonchev–Trinajstić information content (AvgIpc) is 3.56. The van der Waals surface area contributed by atoms with Gasteiger partial charge >= 0.3 is 0 Å². The first-order valence-electron chi connectivity index (χ1n) is 11.6. The number of amides is 2. The van der Waals surface area contributed by atoms with Crippen LogP contribution in [-0.4, -0.2) is 38.0 Å². The van der Waals surface area contributed by atoms with E-state index >= 15 is 0 Å². The fourth-order valence-corrected chi connectivity index (χ4v) is 3.72. The zero-order valence-electron chi connectivity index (χ0n) is 20.0. The Bertz CT molecular complexity index is 1560. The molecule has 0 saturated carbocycles. The molecule has 2 heterocycles. The van der Waals surface area contributed by atoms with E-state index in [1.54, 1.807) is 54.9 Å². The molecule has 5 aromatic rings. The van der Waals surface area contributed by atoms with Gasteiger partial charge in [0.1, 0.15) is 30.3 Å². The molecule has 0 aliphatic rings. The maximum atomic E-state index is 12.3. The second-order valence-corrected chi connectivity index (χ2v) is 8.73. The summed E-state index contributed by atoms with van der Waals surface area (Å²) in [6.07, 6.45) is 3.20. The lowest BCUT2D eigenvalue weighted by Crippen LogP contribution is -2.19. The third kappa shape index (κ3) is 6.42. The zero-order chi connectivity index (χ0) is 26.3. The number of hydrogen-bond donors (Lipinski definition) is 3. The predicted octanol–water partition coefficient (Wildman–Crippen LogP) is 4.39. The maximum Gasteiger partial charge on any atom is 0.287 e. The first-order chi connectivity index (χ1) is 18.5. The number of ether oxygens (including phenoxy) is 1. The van der Waals surface area contributed by atoms with Crippen molar-refractivity contribution in [3.05, 3.63) is 107 Å². The number of hydrogen-bond acceptors (Lipinski definition) is 6. The normalized spacial score (nSPS) is 11.1. The lowest BCUT2D eigenvalue weighted by atomic mass is 10.2. The first kappa shape index (κ1) is 24.7. The molecule has 11 heteroatoms. The second-order valence-electron chi connectivity index (χ2n) is 8.29. The van der Waals surface area contributed by atoms with E-state index in [1.165, 1.54) is 4.68 Å². The fourth-order valence-electron chi connectivity index (χ4n) is 3.59. The number of rotatable bonds is 9. The van der Waals surface area contributed by atoms with Gasteiger partial charge in [-0.15, -0.1) is 5.10 Å². The van der Waals surface area contributed by atoms with Crippen LogP contribution in [0.15, 0.2) is 90.2 Å². The van der Waals surface area contributed by atoms with Crippen molar-refractivity contribution in [1.82, 2.24) is 25.4 Å². The number of nitrogens with one attached hydrogen (secondary N) is 3. The lowest BCUT2D eigenvalue weighted by Gasteiger charge is -2.05. The van der Waals surface area contributed by atoms with Crippen LogP contribution in [-0.2, 0) is 17.9 Å². The molecule has 0 bridgehead atoms. The van der Waals surface area contributed by atoms with E-state index in [0.717, 1.165) is 16.5 Å². The number of nitrogens with zero attached hydrogens (tertiary/aromatic N) is 4. The third-order valence-corrected chi connectivity index (χ3v) is 5.69. The zero-order valence-corrected chi connectivity index (χ0v) is 20.7. The van der Waals surface area contributed by atoms with Crippen LogP contribution in [0, 0.1) is 0 Å². The van der Waals surface area contributed by atoms with Crippen molar-refractivity contribution in [1.29, 1.82) is 0 Å². The number of halogens is 1. The highest BCUT2D eigenvalue weighted by Crippen LogP contribution is 2.16. The van der Waals surface area contributed by atoms with Gasteiger partial charge in [-0.25, -0.2) is 10.1 Å². The third-order valence-electron chi connectivity index (χ3n) is 5.44. The van der Waals surface area contributed by atoms with Gasteiger partial charge in [-0.2, -0.15) is 5.10 Å². The molecule has 190 valence electrons.